The normalized spacial score (nSPS) is 22.7. The number of likely N-dealkylation sites (tertiary alicyclic amines) is 1. The van der Waals surface area contributed by atoms with Gasteiger partial charge in [-0.2, -0.15) is 0 Å². The molecule has 3 N–H and O–H groups in total. The number of nitrogens with one attached hydrogen (secondary N) is 3. The number of amides is 2. The maximum absolute atomic E-state index is 13.7. The average molecular weight is 691 g/mol. The summed E-state index contributed by atoms with van der Waals surface area (Å²) in [5, 5.41) is 8.78. The van der Waals surface area contributed by atoms with Gasteiger partial charge in [-0.3, -0.25) is 9.79 Å². The molecule has 0 aliphatic carbocycles. The lowest BCUT2D eigenvalue weighted by Gasteiger charge is -2.30. The Kier molecular flexibility index (Phi) is 8.80. The van der Waals surface area contributed by atoms with Crippen LogP contribution in [0.3, 0.4) is 0 Å². The number of carbonyl (C=O) groups excluding carboxylic acids is 2. The van der Waals surface area contributed by atoms with Crippen LogP contribution in [-0.2, 0) is 27.3 Å². The number of aromatic nitrogens is 2. The van der Waals surface area contributed by atoms with Crippen molar-refractivity contribution in [2.45, 2.75) is 64.8 Å². The number of methoxy groups -OCH3 is 2. The van der Waals surface area contributed by atoms with Crippen molar-refractivity contribution in [1.29, 1.82) is 0 Å². The third-order valence-corrected chi connectivity index (χ3v) is 11.0. The van der Waals surface area contributed by atoms with Crippen LogP contribution in [-0.4, -0.2) is 78.6 Å². The van der Waals surface area contributed by atoms with E-state index in [2.05, 4.69) is 65.0 Å². The van der Waals surface area contributed by atoms with Crippen molar-refractivity contribution < 1.29 is 23.8 Å². The molecule has 8 rings (SSSR count). The number of nitrogens with zero attached hydrogens (tertiary/aromatic N) is 3. The highest BCUT2D eigenvalue weighted by molar-refractivity contribution is 6.05. The quantitative estimate of drug-likeness (QED) is 0.197. The first kappa shape index (κ1) is 33.4. The van der Waals surface area contributed by atoms with Gasteiger partial charge in [0.2, 0.25) is 5.91 Å². The van der Waals surface area contributed by atoms with E-state index >= 15 is 0 Å². The first-order valence-corrected chi connectivity index (χ1v) is 18.1. The van der Waals surface area contributed by atoms with Gasteiger partial charge >= 0.3 is 6.09 Å². The third-order valence-electron chi connectivity index (χ3n) is 11.0. The summed E-state index contributed by atoms with van der Waals surface area (Å²) in [6.45, 7) is 8.79. The predicted octanol–water partition coefficient (Wildman–Crippen LogP) is 6.33. The Balaban J connectivity index is 1.02. The van der Waals surface area contributed by atoms with Crippen LogP contribution < -0.4 is 15.4 Å². The van der Waals surface area contributed by atoms with Crippen LogP contribution in [0.15, 0.2) is 53.7 Å². The first-order valence-electron chi connectivity index (χ1n) is 18.1. The minimum Gasteiger partial charge on any atom is -0.488 e. The number of carbonyl (C=O) groups is 2. The van der Waals surface area contributed by atoms with Crippen molar-refractivity contribution in [2.75, 3.05) is 33.9 Å². The van der Waals surface area contributed by atoms with Gasteiger partial charge in [0.15, 0.2) is 0 Å². The van der Waals surface area contributed by atoms with E-state index in [0.717, 1.165) is 77.6 Å². The lowest BCUT2D eigenvalue weighted by atomic mass is 9.90. The zero-order valence-electron chi connectivity index (χ0n) is 29.9. The molecule has 3 aromatic carbocycles. The number of benzene rings is 3. The maximum atomic E-state index is 13.7. The highest BCUT2D eigenvalue weighted by Crippen LogP contribution is 2.45. The number of aromatic amines is 1. The van der Waals surface area contributed by atoms with Crippen LogP contribution in [0.25, 0.3) is 33.2 Å². The lowest BCUT2D eigenvalue weighted by Crippen LogP contribution is -2.51. The zero-order chi connectivity index (χ0) is 35.4. The molecule has 0 radical (unpaired) electrons. The van der Waals surface area contributed by atoms with E-state index in [0.29, 0.717) is 31.0 Å². The minimum absolute atomic E-state index is 0.0993. The number of alkyl carbamates (subject to hydrolysis) is 1. The zero-order valence-corrected chi connectivity index (χ0v) is 29.9. The molecule has 0 saturated carbocycles. The summed E-state index contributed by atoms with van der Waals surface area (Å²) >= 11 is 0. The van der Waals surface area contributed by atoms with Crippen LogP contribution in [0.2, 0.25) is 0 Å². The summed E-state index contributed by atoms with van der Waals surface area (Å²) in [7, 11) is 3.07. The van der Waals surface area contributed by atoms with E-state index < -0.39 is 12.1 Å². The van der Waals surface area contributed by atoms with Crippen molar-refractivity contribution in [1.82, 2.24) is 25.5 Å². The van der Waals surface area contributed by atoms with Crippen molar-refractivity contribution in [3.63, 3.8) is 0 Å². The fourth-order valence-electron chi connectivity index (χ4n) is 8.40. The Hall–Kier alpha value is -4.74. The third kappa shape index (κ3) is 6.16. The van der Waals surface area contributed by atoms with E-state index in [4.69, 9.17) is 24.2 Å². The van der Waals surface area contributed by atoms with Gasteiger partial charge in [0.25, 0.3) is 0 Å². The van der Waals surface area contributed by atoms with Crippen LogP contribution in [0.4, 0.5) is 10.5 Å². The molecule has 1 aromatic heterocycles. The summed E-state index contributed by atoms with van der Waals surface area (Å²) in [5.41, 5.74) is 8.81. The Morgan fingerprint density at radius 2 is 1.96 bits per heavy atom. The SMILES string of the molecule is COCC1CN[C@H](C2=Nc3ccc4cc5c(cc4c3C2)OCc2cc(-c3cnc([C@@H]4C[C@H](C)CN4C(=O)[C@@H](NC(=O)OC)C(C)C)[nH]3)ccc2-5)C1. The Morgan fingerprint density at radius 1 is 1.10 bits per heavy atom. The summed E-state index contributed by atoms with van der Waals surface area (Å²) in [6.07, 6.45) is 3.93. The van der Waals surface area contributed by atoms with E-state index in [1.807, 2.05) is 24.9 Å². The molecule has 5 atom stereocenters. The fraction of sp³-hybridized carbons (Fsp3) is 0.450. The van der Waals surface area contributed by atoms with Crippen LogP contribution in [0.1, 0.15) is 56.6 Å². The predicted molar refractivity (Wildman–Crippen MR) is 196 cm³/mol. The molecular weight excluding hydrogens is 644 g/mol. The van der Waals surface area contributed by atoms with Crippen molar-refractivity contribution in [2.24, 2.45) is 22.7 Å². The van der Waals surface area contributed by atoms with E-state index in [1.165, 1.54) is 29.2 Å². The van der Waals surface area contributed by atoms with Gasteiger partial charge in [0.1, 0.15) is 24.2 Å². The summed E-state index contributed by atoms with van der Waals surface area (Å²) < 4.78 is 16.6. The molecule has 1 unspecified atom stereocenters. The Bertz CT molecular complexity index is 2040. The fourth-order valence-corrected chi connectivity index (χ4v) is 8.40. The molecule has 4 aliphatic heterocycles. The van der Waals surface area contributed by atoms with Crippen molar-refractivity contribution in [3.8, 4) is 28.1 Å². The van der Waals surface area contributed by atoms with Gasteiger partial charge in [-0.05, 0) is 87.9 Å². The van der Waals surface area contributed by atoms with Crippen LogP contribution in [0, 0.1) is 17.8 Å². The number of hydrogen-bond acceptors (Lipinski definition) is 8. The second-order valence-electron chi connectivity index (χ2n) is 15.0. The van der Waals surface area contributed by atoms with E-state index in [9.17, 15) is 9.59 Å². The first-order chi connectivity index (χ1) is 24.7. The maximum Gasteiger partial charge on any atom is 0.407 e. The Morgan fingerprint density at radius 3 is 2.76 bits per heavy atom. The highest BCUT2D eigenvalue weighted by atomic mass is 16.5. The van der Waals surface area contributed by atoms with Crippen LogP contribution in [0.5, 0.6) is 5.75 Å². The largest absolute Gasteiger partial charge is 0.488 e. The Labute approximate surface area is 298 Å². The molecule has 11 nitrogen and oxygen atoms in total. The van der Waals surface area contributed by atoms with Gasteiger partial charge in [0, 0.05) is 43.9 Å². The molecular formula is C40H46N6O5. The van der Waals surface area contributed by atoms with Crippen LogP contribution >= 0.6 is 0 Å². The average Bonchev–Trinajstić information content (AvgIpc) is 3.95. The van der Waals surface area contributed by atoms with Gasteiger partial charge in [-0.15, -0.1) is 0 Å². The molecule has 11 heteroatoms. The summed E-state index contributed by atoms with van der Waals surface area (Å²) in [5.74, 6) is 2.24. The molecule has 2 fully saturated rings. The molecule has 0 spiro atoms. The molecule has 0 bridgehead atoms. The van der Waals surface area contributed by atoms with Crippen molar-refractivity contribution in [3.05, 3.63) is 65.6 Å². The molecule has 2 amide bonds. The number of aliphatic imine (C=N–C) groups is 1. The van der Waals surface area contributed by atoms with Gasteiger partial charge < -0.3 is 34.7 Å². The van der Waals surface area contributed by atoms with Gasteiger partial charge in [-0.25, -0.2) is 9.78 Å². The van der Waals surface area contributed by atoms with Crippen molar-refractivity contribution >= 4 is 34.2 Å². The number of fused-ring (bicyclic) bond motifs is 6. The molecule has 2 saturated heterocycles. The molecule has 5 heterocycles. The van der Waals surface area contributed by atoms with Gasteiger partial charge in [-0.1, -0.05) is 39.0 Å². The van der Waals surface area contributed by atoms with Gasteiger partial charge in [0.05, 0.1) is 37.3 Å². The number of ether oxygens (including phenoxy) is 3. The second kappa shape index (κ2) is 13.4. The monoisotopic (exact) mass is 690 g/mol. The number of hydrogen-bond donors (Lipinski definition) is 3. The molecule has 4 aliphatic rings. The minimum atomic E-state index is -0.685. The van der Waals surface area contributed by atoms with E-state index in [1.54, 1.807) is 7.11 Å². The number of rotatable bonds is 8. The summed E-state index contributed by atoms with van der Waals surface area (Å²) in [6, 6.07) is 14.7. The standard InChI is InChI=1S/C40H46N6O5/c1-21(2)37(45-40(48)50-5)39(47)46-18-22(3)10-35(46)38-42-17-34(44-38)25-6-8-27-26(12-25)20-51-36-15-28-24(13-30(27)36)7-9-31-29(28)14-33(43-31)32-11-23(16-41-32)19-49-4/h6-9,12-13,15,17,21-23,32,35,37,41H,10-11,14,16,18-20H2,1-5H3,(H,42,44)(H,45,48)/t22-,23?,32-,35-,37-/m0/s1. The second-order valence-corrected chi connectivity index (χ2v) is 15.0. The molecule has 4 aromatic rings. The number of imidazole rings is 1. The highest BCUT2D eigenvalue weighted by Gasteiger charge is 2.40. The van der Waals surface area contributed by atoms with E-state index in [-0.39, 0.29) is 17.9 Å². The molecule has 51 heavy (non-hydrogen) atoms. The topological polar surface area (TPSA) is 130 Å². The summed E-state index contributed by atoms with van der Waals surface area (Å²) in [4.78, 5) is 41.0. The number of H-pyrrole nitrogens is 1. The lowest BCUT2D eigenvalue weighted by molar-refractivity contribution is -0.135. The molecule has 266 valence electrons. The smallest absolute Gasteiger partial charge is 0.407 e.